The molecule has 18 heavy (non-hydrogen) atoms. The maximum atomic E-state index is 9.39. The van der Waals surface area contributed by atoms with Crippen molar-refractivity contribution in [3.8, 4) is 0 Å². The summed E-state index contributed by atoms with van der Waals surface area (Å²) in [4.78, 5) is 5.86. The number of hydrogen-bond acceptors (Lipinski definition) is 4. The summed E-state index contributed by atoms with van der Waals surface area (Å²) in [6.07, 6.45) is 9.64. The van der Waals surface area contributed by atoms with Crippen LogP contribution in [0.3, 0.4) is 0 Å². The molecule has 0 aliphatic heterocycles. The quantitative estimate of drug-likeness (QED) is 0.861. The molecule has 2 atom stereocenters. The van der Waals surface area contributed by atoms with Crippen LogP contribution in [0.2, 0.25) is 0 Å². The van der Waals surface area contributed by atoms with E-state index in [2.05, 4.69) is 10.3 Å². The molecule has 0 bridgehead atoms. The predicted octanol–water partition coefficient (Wildman–Crippen LogP) is 2.66. The molecule has 2 saturated carbocycles. The molecule has 0 spiro atoms. The Hall–Kier alpha value is -0.450. The second kappa shape index (κ2) is 5.68. The minimum absolute atomic E-state index is 0.327. The molecule has 1 aromatic heterocycles. The molecule has 100 valence electrons. The molecule has 2 aliphatic rings. The molecular weight excluding hydrogens is 244 g/mol. The molecule has 2 fully saturated rings. The Kier molecular flexibility index (Phi) is 3.97. The van der Waals surface area contributed by atoms with Gasteiger partial charge in [0.25, 0.3) is 0 Å². The molecule has 0 amide bonds. The highest BCUT2D eigenvalue weighted by Gasteiger charge is 2.27. The lowest BCUT2D eigenvalue weighted by molar-refractivity contribution is 0.152. The Balaban J connectivity index is 1.52. The van der Waals surface area contributed by atoms with Crippen LogP contribution in [-0.4, -0.2) is 22.7 Å². The van der Waals surface area contributed by atoms with Gasteiger partial charge in [0.15, 0.2) is 0 Å². The molecule has 1 heterocycles. The van der Waals surface area contributed by atoms with Gasteiger partial charge in [0.1, 0.15) is 0 Å². The third-order valence-electron chi connectivity index (χ3n) is 4.18. The van der Waals surface area contributed by atoms with Gasteiger partial charge in [0.2, 0.25) is 0 Å². The Morgan fingerprint density at radius 3 is 2.89 bits per heavy atom. The minimum Gasteiger partial charge on any atom is -0.396 e. The first-order valence-electron chi connectivity index (χ1n) is 7.15. The normalized spacial score (nSPS) is 28.5. The summed E-state index contributed by atoms with van der Waals surface area (Å²) in [6, 6.07) is 0.496. The van der Waals surface area contributed by atoms with Crippen molar-refractivity contribution in [2.24, 2.45) is 5.92 Å². The molecule has 0 aromatic carbocycles. The number of aliphatic hydroxyl groups excluding tert-OH is 1. The van der Waals surface area contributed by atoms with Crippen LogP contribution in [0.15, 0.2) is 6.20 Å². The summed E-state index contributed by atoms with van der Waals surface area (Å²) >= 11 is 1.86. The van der Waals surface area contributed by atoms with Crippen molar-refractivity contribution in [1.82, 2.24) is 10.3 Å². The van der Waals surface area contributed by atoms with Crippen molar-refractivity contribution >= 4 is 11.3 Å². The Bertz CT molecular complexity index is 389. The summed E-state index contributed by atoms with van der Waals surface area (Å²) < 4.78 is 0. The van der Waals surface area contributed by atoms with E-state index in [1.54, 1.807) is 0 Å². The first-order valence-corrected chi connectivity index (χ1v) is 7.97. The van der Waals surface area contributed by atoms with Gasteiger partial charge >= 0.3 is 0 Å². The van der Waals surface area contributed by atoms with Crippen LogP contribution in [0.5, 0.6) is 0 Å². The second-order valence-electron chi connectivity index (χ2n) is 5.65. The zero-order valence-electron chi connectivity index (χ0n) is 10.8. The lowest BCUT2D eigenvalue weighted by Crippen LogP contribution is -2.39. The number of rotatable bonds is 5. The van der Waals surface area contributed by atoms with Crippen LogP contribution in [0.1, 0.15) is 54.3 Å². The summed E-state index contributed by atoms with van der Waals surface area (Å²) in [7, 11) is 0. The zero-order chi connectivity index (χ0) is 12.4. The van der Waals surface area contributed by atoms with Crippen molar-refractivity contribution in [3.63, 3.8) is 0 Å². The molecule has 3 nitrogen and oxygen atoms in total. The van der Waals surface area contributed by atoms with E-state index in [4.69, 9.17) is 0 Å². The Morgan fingerprint density at radius 1 is 1.28 bits per heavy atom. The number of thiazole rings is 1. The highest BCUT2D eigenvalue weighted by Crippen LogP contribution is 2.41. The van der Waals surface area contributed by atoms with E-state index in [0.29, 0.717) is 18.6 Å². The van der Waals surface area contributed by atoms with Gasteiger partial charge in [-0.3, -0.25) is 0 Å². The highest BCUT2D eigenvalue weighted by atomic mass is 32.1. The van der Waals surface area contributed by atoms with Gasteiger partial charge in [-0.25, -0.2) is 4.98 Å². The Morgan fingerprint density at radius 2 is 2.11 bits per heavy atom. The van der Waals surface area contributed by atoms with Gasteiger partial charge in [-0.05, 0) is 31.6 Å². The molecule has 2 N–H and O–H groups in total. The number of hydrogen-bond donors (Lipinski definition) is 2. The van der Waals surface area contributed by atoms with Gasteiger partial charge in [-0.1, -0.05) is 12.8 Å². The molecule has 4 heteroatoms. The Labute approximate surface area is 113 Å². The zero-order valence-corrected chi connectivity index (χ0v) is 11.6. The van der Waals surface area contributed by atoms with E-state index in [1.165, 1.54) is 48.4 Å². The summed E-state index contributed by atoms with van der Waals surface area (Å²) in [5, 5.41) is 14.3. The van der Waals surface area contributed by atoms with Crippen LogP contribution >= 0.6 is 11.3 Å². The van der Waals surface area contributed by atoms with Crippen molar-refractivity contribution in [1.29, 1.82) is 0 Å². The first kappa shape index (κ1) is 12.6. The molecule has 1 aromatic rings. The van der Waals surface area contributed by atoms with Crippen LogP contribution in [0.25, 0.3) is 0 Å². The fourth-order valence-electron chi connectivity index (χ4n) is 2.85. The van der Waals surface area contributed by atoms with Crippen molar-refractivity contribution in [2.75, 3.05) is 6.61 Å². The maximum Gasteiger partial charge on any atom is 0.0959 e. The van der Waals surface area contributed by atoms with Gasteiger partial charge in [0.05, 0.1) is 5.01 Å². The average molecular weight is 266 g/mol. The lowest BCUT2D eigenvalue weighted by atomic mass is 9.85. The van der Waals surface area contributed by atoms with Crippen LogP contribution < -0.4 is 5.32 Å². The fraction of sp³-hybridized carbons (Fsp3) is 0.786. The van der Waals surface area contributed by atoms with Crippen molar-refractivity contribution in [2.45, 2.75) is 57.0 Å². The predicted molar refractivity (Wildman–Crippen MR) is 73.8 cm³/mol. The molecular formula is C14H22N2OS. The molecule has 3 rings (SSSR count). The van der Waals surface area contributed by atoms with E-state index >= 15 is 0 Å². The molecule has 2 aliphatic carbocycles. The van der Waals surface area contributed by atoms with Crippen LogP contribution in [0, 0.1) is 5.92 Å². The minimum atomic E-state index is 0.327. The topological polar surface area (TPSA) is 45.1 Å². The first-order chi connectivity index (χ1) is 8.86. The van der Waals surface area contributed by atoms with Crippen molar-refractivity contribution in [3.05, 3.63) is 16.1 Å². The van der Waals surface area contributed by atoms with Crippen LogP contribution in [0.4, 0.5) is 0 Å². The van der Waals surface area contributed by atoms with Crippen LogP contribution in [-0.2, 0) is 6.54 Å². The largest absolute Gasteiger partial charge is 0.396 e. The SMILES string of the molecule is OCC1CCCCC1NCc1cnc(C2CC2)s1. The molecule has 0 saturated heterocycles. The summed E-state index contributed by atoms with van der Waals surface area (Å²) in [5.74, 6) is 1.22. The molecule has 2 unspecified atom stereocenters. The number of nitrogens with zero attached hydrogens (tertiary/aromatic N) is 1. The van der Waals surface area contributed by atoms with E-state index in [1.807, 2.05) is 17.5 Å². The summed E-state index contributed by atoms with van der Waals surface area (Å²) in [6.45, 7) is 1.25. The highest BCUT2D eigenvalue weighted by molar-refractivity contribution is 7.11. The number of aromatic nitrogens is 1. The fourth-order valence-corrected chi connectivity index (χ4v) is 3.89. The van der Waals surface area contributed by atoms with E-state index in [-0.39, 0.29) is 0 Å². The number of aliphatic hydroxyl groups is 1. The van der Waals surface area contributed by atoms with E-state index in [0.717, 1.165) is 12.5 Å². The average Bonchev–Trinajstić information content (AvgIpc) is 3.16. The van der Waals surface area contributed by atoms with Gasteiger partial charge < -0.3 is 10.4 Å². The lowest BCUT2D eigenvalue weighted by Gasteiger charge is -2.30. The maximum absolute atomic E-state index is 9.39. The number of nitrogens with one attached hydrogen (secondary N) is 1. The third-order valence-corrected chi connectivity index (χ3v) is 5.34. The van der Waals surface area contributed by atoms with E-state index < -0.39 is 0 Å². The van der Waals surface area contributed by atoms with E-state index in [9.17, 15) is 5.11 Å². The van der Waals surface area contributed by atoms with Gasteiger partial charge in [0, 0.05) is 36.2 Å². The van der Waals surface area contributed by atoms with Crippen molar-refractivity contribution < 1.29 is 5.11 Å². The smallest absolute Gasteiger partial charge is 0.0959 e. The monoisotopic (exact) mass is 266 g/mol. The second-order valence-corrected chi connectivity index (χ2v) is 6.80. The summed E-state index contributed by atoms with van der Waals surface area (Å²) in [5.41, 5.74) is 0. The third kappa shape index (κ3) is 2.92. The van der Waals surface area contributed by atoms with Gasteiger partial charge in [-0.2, -0.15) is 0 Å². The standard InChI is InChI=1S/C14H22N2OS/c17-9-11-3-1-2-4-13(11)15-7-12-8-16-14(18-12)10-5-6-10/h8,10-11,13,15,17H,1-7,9H2. The van der Waals surface area contributed by atoms with Gasteiger partial charge in [-0.15, -0.1) is 11.3 Å². The molecule has 0 radical (unpaired) electrons.